The Kier molecular flexibility index (Phi) is 6.62. The summed E-state index contributed by atoms with van der Waals surface area (Å²) in [5.41, 5.74) is -0.0870. The summed E-state index contributed by atoms with van der Waals surface area (Å²) in [5.74, 6) is 0.788. The van der Waals surface area contributed by atoms with Crippen molar-refractivity contribution < 1.29 is 22.7 Å². The predicted octanol–water partition coefficient (Wildman–Crippen LogP) is 2.09. The second-order valence-corrected chi connectivity index (χ2v) is 8.28. The summed E-state index contributed by atoms with van der Waals surface area (Å²) in [4.78, 5) is 12.2. The van der Waals surface area contributed by atoms with Gasteiger partial charge in [0.2, 0.25) is 15.9 Å². The molecule has 0 radical (unpaired) electrons. The van der Waals surface area contributed by atoms with Gasteiger partial charge in [0.05, 0.1) is 26.2 Å². The van der Waals surface area contributed by atoms with Gasteiger partial charge in [-0.2, -0.15) is 4.31 Å². The fourth-order valence-electron chi connectivity index (χ4n) is 2.32. The molecule has 0 saturated heterocycles. The van der Waals surface area contributed by atoms with Crippen molar-refractivity contribution in [3.63, 3.8) is 0 Å². The van der Waals surface area contributed by atoms with Gasteiger partial charge in [-0.25, -0.2) is 8.42 Å². The summed E-state index contributed by atoms with van der Waals surface area (Å²) >= 11 is 0. The van der Waals surface area contributed by atoms with Crippen LogP contribution in [0.25, 0.3) is 0 Å². The molecule has 0 aliphatic heterocycles. The molecule has 1 amide bonds. The Morgan fingerprint density at radius 2 is 1.83 bits per heavy atom. The molecule has 1 N–H and O–H groups in total. The Morgan fingerprint density at radius 3 is 2.29 bits per heavy atom. The summed E-state index contributed by atoms with van der Waals surface area (Å²) < 4.78 is 35.4. The Hall–Kier alpha value is -1.80. The van der Waals surface area contributed by atoms with Gasteiger partial charge in [-0.1, -0.05) is 0 Å². The van der Waals surface area contributed by atoms with E-state index < -0.39 is 15.6 Å². The Morgan fingerprint density at radius 1 is 1.21 bits per heavy atom. The number of rotatable bonds is 7. The number of ether oxygens (including phenoxy) is 2. The molecule has 0 aromatic heterocycles. The minimum atomic E-state index is -3.40. The molecule has 24 heavy (non-hydrogen) atoms. The molecule has 1 aromatic rings. The van der Waals surface area contributed by atoms with Crippen LogP contribution in [0.1, 0.15) is 27.2 Å². The number of carbonyl (C=O) groups is 1. The van der Waals surface area contributed by atoms with Crippen molar-refractivity contribution in [3.8, 4) is 11.5 Å². The number of nitrogens with one attached hydrogen (secondary N) is 1. The van der Waals surface area contributed by atoms with Crippen LogP contribution in [-0.4, -0.2) is 51.2 Å². The third-order valence-corrected chi connectivity index (χ3v) is 4.90. The average Bonchev–Trinajstić information content (AvgIpc) is 2.44. The highest BCUT2D eigenvalue weighted by Gasteiger charge is 2.29. The lowest BCUT2D eigenvalue weighted by Crippen LogP contribution is -2.46. The summed E-state index contributed by atoms with van der Waals surface area (Å²) in [7, 11) is -0.364. The Balaban J connectivity index is 2.80. The number of carbonyl (C=O) groups excluding carboxylic acids is 1. The molecule has 136 valence electrons. The number of sulfonamides is 1. The van der Waals surface area contributed by atoms with Crippen LogP contribution < -0.4 is 14.8 Å². The lowest BCUT2D eigenvalue weighted by atomic mass is 10.1. The van der Waals surface area contributed by atoms with E-state index in [1.165, 1.54) is 11.4 Å². The van der Waals surface area contributed by atoms with E-state index in [2.05, 4.69) is 5.32 Å². The molecule has 0 saturated carbocycles. The number of hydrogen-bond donors (Lipinski definition) is 1. The molecule has 0 spiro atoms. The molecule has 0 atom stereocenters. The fourth-order valence-corrected chi connectivity index (χ4v) is 3.73. The van der Waals surface area contributed by atoms with E-state index in [0.717, 1.165) is 6.26 Å². The zero-order chi connectivity index (χ0) is 18.5. The van der Waals surface area contributed by atoms with E-state index in [1.807, 2.05) is 0 Å². The second kappa shape index (κ2) is 7.85. The minimum absolute atomic E-state index is 0.0412. The van der Waals surface area contributed by atoms with Crippen LogP contribution in [0.3, 0.4) is 0 Å². The third-order valence-electron chi connectivity index (χ3n) is 3.37. The number of hydrogen-bond acceptors (Lipinski definition) is 5. The molecule has 0 heterocycles. The molecule has 1 aromatic carbocycles. The summed E-state index contributed by atoms with van der Waals surface area (Å²) in [6, 6.07) is 5.04. The molecular formula is C16H26N2O5S. The summed E-state index contributed by atoms with van der Waals surface area (Å²) in [6.07, 6.45) is 1.18. The highest BCUT2D eigenvalue weighted by Crippen LogP contribution is 2.29. The number of methoxy groups -OCH3 is 2. The van der Waals surface area contributed by atoms with Gasteiger partial charge in [-0.05, 0) is 32.9 Å². The van der Waals surface area contributed by atoms with Gasteiger partial charge in [-0.3, -0.25) is 4.79 Å². The molecule has 0 bridgehead atoms. The first kappa shape index (κ1) is 20.2. The van der Waals surface area contributed by atoms with E-state index in [9.17, 15) is 13.2 Å². The molecule has 1 rings (SSSR count). The molecule has 0 fully saturated rings. The summed E-state index contributed by atoms with van der Waals surface area (Å²) in [6.45, 7) is 5.47. The van der Waals surface area contributed by atoms with Crippen molar-refractivity contribution in [2.45, 2.75) is 32.7 Å². The number of benzene rings is 1. The van der Waals surface area contributed by atoms with Crippen molar-refractivity contribution in [2.24, 2.45) is 0 Å². The van der Waals surface area contributed by atoms with Gasteiger partial charge >= 0.3 is 0 Å². The largest absolute Gasteiger partial charge is 0.497 e. The van der Waals surface area contributed by atoms with Crippen molar-refractivity contribution >= 4 is 21.6 Å². The maximum atomic E-state index is 12.2. The average molecular weight is 358 g/mol. The zero-order valence-corrected chi connectivity index (χ0v) is 15.9. The van der Waals surface area contributed by atoms with Crippen molar-refractivity contribution in [3.05, 3.63) is 18.2 Å². The lowest BCUT2D eigenvalue weighted by molar-refractivity contribution is -0.116. The van der Waals surface area contributed by atoms with Crippen LogP contribution in [0.15, 0.2) is 18.2 Å². The second-order valence-electron chi connectivity index (χ2n) is 6.37. The molecule has 0 aliphatic carbocycles. The fraction of sp³-hybridized carbons (Fsp3) is 0.562. The molecule has 0 unspecified atom stereocenters. The normalized spacial score (nSPS) is 12.1. The quantitative estimate of drug-likeness (QED) is 0.807. The summed E-state index contributed by atoms with van der Waals surface area (Å²) in [5, 5.41) is 2.73. The first-order chi connectivity index (χ1) is 11.0. The zero-order valence-electron chi connectivity index (χ0n) is 15.0. The van der Waals surface area contributed by atoms with Crippen LogP contribution in [0, 0.1) is 0 Å². The van der Waals surface area contributed by atoms with Crippen molar-refractivity contribution in [1.29, 1.82) is 0 Å². The molecular weight excluding hydrogens is 332 g/mol. The first-order valence-corrected chi connectivity index (χ1v) is 9.33. The monoisotopic (exact) mass is 358 g/mol. The van der Waals surface area contributed by atoms with Gasteiger partial charge in [0.25, 0.3) is 0 Å². The standard InChI is InChI=1S/C16H26N2O5S/c1-16(2,3)18(24(6,20)21)10-9-15(19)17-13-8-7-12(22-4)11-14(13)23-5/h7-8,11H,9-10H2,1-6H3,(H,17,19). The van der Waals surface area contributed by atoms with E-state index >= 15 is 0 Å². The van der Waals surface area contributed by atoms with E-state index in [1.54, 1.807) is 46.1 Å². The predicted molar refractivity (Wildman–Crippen MR) is 94.1 cm³/mol. The minimum Gasteiger partial charge on any atom is -0.497 e. The van der Waals surface area contributed by atoms with Gasteiger partial charge in [0, 0.05) is 24.6 Å². The number of anilines is 1. The lowest BCUT2D eigenvalue weighted by Gasteiger charge is -2.33. The maximum absolute atomic E-state index is 12.2. The highest BCUT2D eigenvalue weighted by atomic mass is 32.2. The third kappa shape index (κ3) is 5.68. The molecule has 8 heteroatoms. The topological polar surface area (TPSA) is 84.9 Å². The number of amides is 1. The SMILES string of the molecule is COc1ccc(NC(=O)CCN(C(C)(C)C)S(C)(=O)=O)c(OC)c1. The molecule has 7 nitrogen and oxygen atoms in total. The molecule has 0 aliphatic rings. The van der Waals surface area contributed by atoms with Gasteiger partial charge in [0.1, 0.15) is 11.5 Å². The highest BCUT2D eigenvalue weighted by molar-refractivity contribution is 7.88. The first-order valence-electron chi connectivity index (χ1n) is 7.48. The maximum Gasteiger partial charge on any atom is 0.225 e. The van der Waals surface area contributed by atoms with Crippen molar-refractivity contribution in [1.82, 2.24) is 4.31 Å². The van der Waals surface area contributed by atoms with Crippen LogP contribution >= 0.6 is 0 Å². The van der Waals surface area contributed by atoms with Gasteiger partial charge in [0.15, 0.2) is 0 Å². The van der Waals surface area contributed by atoms with Crippen LogP contribution in [0.4, 0.5) is 5.69 Å². The Bertz CT molecular complexity index is 680. The van der Waals surface area contributed by atoms with Gasteiger partial charge < -0.3 is 14.8 Å². The van der Waals surface area contributed by atoms with Crippen LogP contribution in [0.5, 0.6) is 11.5 Å². The smallest absolute Gasteiger partial charge is 0.225 e. The van der Waals surface area contributed by atoms with Crippen molar-refractivity contribution in [2.75, 3.05) is 32.3 Å². The number of nitrogens with zero attached hydrogens (tertiary/aromatic N) is 1. The van der Waals surface area contributed by atoms with Crippen LogP contribution in [0.2, 0.25) is 0 Å². The van der Waals surface area contributed by atoms with Gasteiger partial charge in [-0.15, -0.1) is 0 Å². The van der Waals surface area contributed by atoms with Crippen LogP contribution in [-0.2, 0) is 14.8 Å². The van der Waals surface area contributed by atoms with E-state index in [4.69, 9.17) is 9.47 Å². The van der Waals surface area contributed by atoms with E-state index in [0.29, 0.717) is 17.2 Å². The van der Waals surface area contributed by atoms with E-state index in [-0.39, 0.29) is 18.9 Å². The Labute approximate surface area is 144 Å².